The molecule has 0 amide bonds. The standard InChI is InChI=1S/C10H12BrNO/c1-13-10-7-9(11)5-4-8(10)3-2-6-12/h2-5,7H,6,12H2,1H3. The molecule has 0 saturated heterocycles. The SMILES string of the molecule is COc1cc(Br)ccc1C=CCN. The average Bonchev–Trinajstić information content (AvgIpc) is 2.16. The lowest BCUT2D eigenvalue weighted by molar-refractivity contribution is 0.413. The van der Waals surface area contributed by atoms with E-state index in [1.807, 2.05) is 30.4 Å². The molecule has 0 fully saturated rings. The van der Waals surface area contributed by atoms with Gasteiger partial charge in [0.25, 0.3) is 0 Å². The molecule has 13 heavy (non-hydrogen) atoms. The summed E-state index contributed by atoms with van der Waals surface area (Å²) in [5.41, 5.74) is 6.40. The van der Waals surface area contributed by atoms with Crippen molar-refractivity contribution in [3.8, 4) is 5.75 Å². The van der Waals surface area contributed by atoms with Crippen molar-refractivity contribution in [2.45, 2.75) is 0 Å². The Kier molecular flexibility index (Phi) is 3.99. The van der Waals surface area contributed by atoms with Gasteiger partial charge in [-0.3, -0.25) is 0 Å². The number of benzene rings is 1. The van der Waals surface area contributed by atoms with Gasteiger partial charge in [0.1, 0.15) is 5.75 Å². The minimum Gasteiger partial charge on any atom is -0.496 e. The van der Waals surface area contributed by atoms with Crippen LogP contribution in [-0.4, -0.2) is 13.7 Å². The Hall–Kier alpha value is -0.800. The highest BCUT2D eigenvalue weighted by molar-refractivity contribution is 9.10. The lowest BCUT2D eigenvalue weighted by Gasteiger charge is -2.04. The van der Waals surface area contributed by atoms with Crippen LogP contribution < -0.4 is 10.5 Å². The Bertz CT molecular complexity index is 310. The molecule has 0 aliphatic heterocycles. The molecule has 0 saturated carbocycles. The number of nitrogens with two attached hydrogens (primary N) is 1. The van der Waals surface area contributed by atoms with Crippen molar-refractivity contribution in [3.63, 3.8) is 0 Å². The molecule has 0 unspecified atom stereocenters. The van der Waals surface area contributed by atoms with E-state index in [9.17, 15) is 0 Å². The summed E-state index contributed by atoms with van der Waals surface area (Å²) in [7, 11) is 1.65. The van der Waals surface area contributed by atoms with E-state index in [1.54, 1.807) is 7.11 Å². The van der Waals surface area contributed by atoms with Crippen molar-refractivity contribution < 1.29 is 4.74 Å². The van der Waals surface area contributed by atoms with Gasteiger partial charge < -0.3 is 10.5 Å². The highest BCUT2D eigenvalue weighted by atomic mass is 79.9. The zero-order valence-corrected chi connectivity index (χ0v) is 9.04. The van der Waals surface area contributed by atoms with Gasteiger partial charge in [0, 0.05) is 16.6 Å². The normalized spacial score (nSPS) is 10.7. The monoisotopic (exact) mass is 241 g/mol. The lowest BCUT2D eigenvalue weighted by Crippen LogP contribution is -1.92. The van der Waals surface area contributed by atoms with Gasteiger partial charge in [0.05, 0.1) is 7.11 Å². The summed E-state index contributed by atoms with van der Waals surface area (Å²) in [6, 6.07) is 5.88. The Balaban J connectivity index is 2.99. The fourth-order valence-electron chi connectivity index (χ4n) is 1.02. The molecule has 0 aliphatic rings. The minimum absolute atomic E-state index is 0.541. The number of rotatable bonds is 3. The van der Waals surface area contributed by atoms with Crippen LogP contribution in [0.4, 0.5) is 0 Å². The second-order valence-corrected chi connectivity index (χ2v) is 3.44. The van der Waals surface area contributed by atoms with Crippen LogP contribution in [-0.2, 0) is 0 Å². The van der Waals surface area contributed by atoms with Crippen LogP contribution in [0.15, 0.2) is 28.7 Å². The van der Waals surface area contributed by atoms with E-state index >= 15 is 0 Å². The molecule has 0 aromatic heterocycles. The molecule has 3 heteroatoms. The molecule has 0 heterocycles. The number of hydrogen-bond donors (Lipinski definition) is 1. The van der Waals surface area contributed by atoms with Gasteiger partial charge in [-0.25, -0.2) is 0 Å². The van der Waals surface area contributed by atoms with Gasteiger partial charge >= 0.3 is 0 Å². The summed E-state index contributed by atoms with van der Waals surface area (Å²) in [6.07, 6.45) is 3.84. The molecule has 2 N–H and O–H groups in total. The van der Waals surface area contributed by atoms with Crippen LogP contribution in [0.25, 0.3) is 6.08 Å². The van der Waals surface area contributed by atoms with E-state index in [0.717, 1.165) is 15.8 Å². The first kappa shape index (κ1) is 10.3. The molecule has 0 bridgehead atoms. The summed E-state index contributed by atoms with van der Waals surface area (Å²) in [5.74, 6) is 0.846. The quantitative estimate of drug-likeness (QED) is 0.883. The van der Waals surface area contributed by atoms with Gasteiger partial charge in [-0.1, -0.05) is 34.1 Å². The zero-order valence-electron chi connectivity index (χ0n) is 7.46. The van der Waals surface area contributed by atoms with Gasteiger partial charge in [-0.05, 0) is 12.1 Å². The van der Waals surface area contributed by atoms with Crippen LogP contribution in [0, 0.1) is 0 Å². The van der Waals surface area contributed by atoms with Crippen LogP contribution in [0.2, 0.25) is 0 Å². The average molecular weight is 242 g/mol. The van der Waals surface area contributed by atoms with Gasteiger partial charge in [0.15, 0.2) is 0 Å². The highest BCUT2D eigenvalue weighted by Gasteiger charge is 1.98. The van der Waals surface area contributed by atoms with Gasteiger partial charge in [-0.15, -0.1) is 0 Å². The molecule has 1 aromatic rings. The largest absolute Gasteiger partial charge is 0.496 e. The number of halogens is 1. The van der Waals surface area contributed by atoms with Gasteiger partial charge in [0.2, 0.25) is 0 Å². The molecule has 1 aromatic carbocycles. The van der Waals surface area contributed by atoms with Crippen molar-refractivity contribution in [2.24, 2.45) is 5.73 Å². The van der Waals surface area contributed by atoms with Crippen molar-refractivity contribution in [1.82, 2.24) is 0 Å². The Labute approximate surface area is 86.5 Å². The van der Waals surface area contributed by atoms with Crippen LogP contribution >= 0.6 is 15.9 Å². The summed E-state index contributed by atoms with van der Waals surface area (Å²) >= 11 is 3.38. The third kappa shape index (κ3) is 2.86. The minimum atomic E-state index is 0.541. The van der Waals surface area contributed by atoms with E-state index in [2.05, 4.69) is 15.9 Å². The molecule has 1 rings (SSSR count). The Morgan fingerprint density at radius 1 is 1.54 bits per heavy atom. The maximum absolute atomic E-state index is 5.36. The van der Waals surface area contributed by atoms with E-state index in [1.165, 1.54) is 0 Å². The highest BCUT2D eigenvalue weighted by Crippen LogP contribution is 2.24. The van der Waals surface area contributed by atoms with Crippen molar-refractivity contribution >= 4 is 22.0 Å². The van der Waals surface area contributed by atoms with Gasteiger partial charge in [-0.2, -0.15) is 0 Å². The summed E-state index contributed by atoms with van der Waals surface area (Å²) in [5, 5.41) is 0. The first-order valence-electron chi connectivity index (χ1n) is 3.98. The Morgan fingerprint density at radius 2 is 2.31 bits per heavy atom. The lowest BCUT2D eigenvalue weighted by atomic mass is 10.2. The fourth-order valence-corrected chi connectivity index (χ4v) is 1.36. The molecular formula is C10H12BrNO. The maximum atomic E-state index is 5.36. The van der Waals surface area contributed by atoms with Crippen molar-refractivity contribution in [3.05, 3.63) is 34.3 Å². The molecule has 70 valence electrons. The molecule has 0 aliphatic carbocycles. The first-order chi connectivity index (χ1) is 6.27. The summed E-state index contributed by atoms with van der Waals surface area (Å²) in [4.78, 5) is 0. The van der Waals surface area contributed by atoms with E-state index < -0.39 is 0 Å². The van der Waals surface area contributed by atoms with E-state index in [0.29, 0.717) is 6.54 Å². The van der Waals surface area contributed by atoms with E-state index in [-0.39, 0.29) is 0 Å². The van der Waals surface area contributed by atoms with Crippen LogP contribution in [0.5, 0.6) is 5.75 Å². The molecule has 2 nitrogen and oxygen atoms in total. The smallest absolute Gasteiger partial charge is 0.127 e. The summed E-state index contributed by atoms with van der Waals surface area (Å²) < 4.78 is 6.21. The summed E-state index contributed by atoms with van der Waals surface area (Å²) in [6.45, 7) is 0.541. The number of methoxy groups -OCH3 is 1. The first-order valence-corrected chi connectivity index (χ1v) is 4.77. The molecule has 0 radical (unpaired) electrons. The molecular weight excluding hydrogens is 230 g/mol. The number of ether oxygens (including phenoxy) is 1. The molecule has 0 spiro atoms. The fraction of sp³-hybridized carbons (Fsp3) is 0.200. The third-order valence-electron chi connectivity index (χ3n) is 1.63. The predicted molar refractivity (Wildman–Crippen MR) is 58.8 cm³/mol. The zero-order chi connectivity index (χ0) is 9.68. The number of hydrogen-bond acceptors (Lipinski definition) is 2. The van der Waals surface area contributed by atoms with Crippen LogP contribution in [0.3, 0.4) is 0 Å². The topological polar surface area (TPSA) is 35.2 Å². The van der Waals surface area contributed by atoms with Crippen molar-refractivity contribution in [1.29, 1.82) is 0 Å². The van der Waals surface area contributed by atoms with E-state index in [4.69, 9.17) is 10.5 Å². The third-order valence-corrected chi connectivity index (χ3v) is 2.12. The second kappa shape index (κ2) is 5.04. The Morgan fingerprint density at radius 3 is 2.92 bits per heavy atom. The van der Waals surface area contributed by atoms with Crippen LogP contribution in [0.1, 0.15) is 5.56 Å². The maximum Gasteiger partial charge on any atom is 0.127 e. The predicted octanol–water partition coefficient (Wildman–Crippen LogP) is 2.43. The van der Waals surface area contributed by atoms with Crippen molar-refractivity contribution in [2.75, 3.05) is 13.7 Å². The molecule has 0 atom stereocenters. The second-order valence-electron chi connectivity index (χ2n) is 2.52.